The van der Waals surface area contributed by atoms with Crippen LogP contribution < -0.4 is 4.74 Å². The molecule has 0 bridgehead atoms. The number of oxime groups is 1. The second-order valence-electron chi connectivity index (χ2n) is 6.10. The molecule has 31 heavy (non-hydrogen) atoms. The maximum atomic E-state index is 12.9. The van der Waals surface area contributed by atoms with E-state index in [1.807, 2.05) is 0 Å². The Morgan fingerprint density at radius 3 is 2.23 bits per heavy atom. The largest absolute Gasteiger partial charge is 0.482 e. The average Bonchev–Trinajstić information content (AvgIpc) is 2.68. The lowest BCUT2D eigenvalue weighted by molar-refractivity contribution is -0.153. The summed E-state index contributed by atoms with van der Waals surface area (Å²) in [7, 11) is 0.938. The van der Waals surface area contributed by atoms with Gasteiger partial charge >= 0.3 is 12.4 Å². The molecule has 2 aromatic rings. The van der Waals surface area contributed by atoms with Crippen LogP contribution in [0, 0.1) is 0 Å². The summed E-state index contributed by atoms with van der Waals surface area (Å²) in [5.41, 5.74) is -1.32. The summed E-state index contributed by atoms with van der Waals surface area (Å²) in [4.78, 5) is 20.5. The first-order chi connectivity index (χ1) is 14.4. The number of carbonyl (C=O) groups is 1. The van der Waals surface area contributed by atoms with Crippen molar-refractivity contribution in [3.63, 3.8) is 0 Å². The molecule has 0 atom stereocenters. The summed E-state index contributed by atoms with van der Waals surface area (Å²) in [5, 5.41) is 3.23. The van der Waals surface area contributed by atoms with Gasteiger partial charge in [0.05, 0.1) is 0 Å². The molecule has 0 fully saturated rings. The number of hydrogen-bond donors (Lipinski definition) is 0. The minimum atomic E-state index is -4.78. The van der Waals surface area contributed by atoms with E-state index in [0.717, 1.165) is 19.2 Å². The highest BCUT2D eigenvalue weighted by Crippen LogP contribution is 2.31. The fourth-order valence-electron chi connectivity index (χ4n) is 2.40. The van der Waals surface area contributed by atoms with Gasteiger partial charge in [-0.3, -0.25) is 4.79 Å². The van der Waals surface area contributed by atoms with Gasteiger partial charge in [-0.05, 0) is 24.3 Å². The van der Waals surface area contributed by atoms with Crippen LogP contribution >= 0.6 is 11.6 Å². The smallest absolute Gasteiger partial charge is 0.432 e. The molecule has 0 unspecified atom stereocenters. The second-order valence-corrected chi connectivity index (χ2v) is 6.53. The van der Waals surface area contributed by atoms with Crippen molar-refractivity contribution in [3.05, 3.63) is 47.1 Å². The first-order valence-corrected chi connectivity index (χ1v) is 8.95. The molecular weight excluding hydrogens is 454 g/mol. The van der Waals surface area contributed by atoms with E-state index in [1.54, 1.807) is 0 Å². The summed E-state index contributed by atoms with van der Waals surface area (Å²) < 4.78 is 81.0. The minimum Gasteiger partial charge on any atom is -0.482 e. The Labute approximate surface area is 177 Å². The van der Waals surface area contributed by atoms with Gasteiger partial charge in [-0.25, -0.2) is 4.98 Å². The normalized spacial score (nSPS) is 12.6. The lowest BCUT2D eigenvalue weighted by atomic mass is 10.1. The molecule has 0 aliphatic heterocycles. The zero-order valence-corrected chi connectivity index (χ0v) is 16.6. The number of ether oxygens (including phenoxy) is 1. The maximum absolute atomic E-state index is 12.9. The Bertz CT molecular complexity index is 943. The number of hydrogen-bond acceptors (Lipinski definition) is 5. The number of ketones is 1. The van der Waals surface area contributed by atoms with E-state index in [-0.39, 0.29) is 17.1 Å². The predicted molar refractivity (Wildman–Crippen MR) is 100 cm³/mol. The van der Waals surface area contributed by atoms with Gasteiger partial charge in [-0.1, -0.05) is 28.9 Å². The third kappa shape index (κ3) is 7.42. The molecule has 0 saturated carbocycles. The fraction of sp³-hybridized carbons (Fsp3) is 0.316. The van der Waals surface area contributed by atoms with E-state index in [2.05, 4.69) is 15.0 Å². The van der Waals surface area contributed by atoms with Crippen molar-refractivity contribution in [1.29, 1.82) is 0 Å². The predicted octanol–water partition coefficient (Wildman–Crippen LogP) is 5.87. The summed E-state index contributed by atoms with van der Waals surface area (Å²) >= 11 is 5.81. The molecule has 2 rings (SSSR count). The zero-order valence-electron chi connectivity index (χ0n) is 15.9. The van der Waals surface area contributed by atoms with Crippen LogP contribution in [0.15, 0.2) is 41.6 Å². The van der Waals surface area contributed by atoms with E-state index >= 15 is 0 Å². The van der Waals surface area contributed by atoms with Crippen LogP contribution in [0.25, 0.3) is 11.3 Å². The van der Waals surface area contributed by atoms with Gasteiger partial charge in [0.2, 0.25) is 0 Å². The van der Waals surface area contributed by atoms with Gasteiger partial charge in [0.15, 0.2) is 18.1 Å². The number of carbonyl (C=O) groups excluding carboxylic acids is 1. The van der Waals surface area contributed by atoms with Gasteiger partial charge in [0, 0.05) is 23.4 Å². The van der Waals surface area contributed by atoms with Crippen LogP contribution in [0.5, 0.6) is 5.75 Å². The standard InChI is InChI=1S/C19H15ClF6N2O3/c1-30-28-16(19(24,25)26)9-7-14(29)13-6-8-15(31-10-18(21,22)23)17(27-13)11-2-4-12(20)5-3-11/h2-6,8H,7,9-10H2,1H3/b28-16-. The lowest BCUT2D eigenvalue weighted by Crippen LogP contribution is -2.24. The zero-order chi connectivity index (χ0) is 23.2. The summed E-state index contributed by atoms with van der Waals surface area (Å²) in [6.07, 6.45) is -10.8. The third-order valence-electron chi connectivity index (χ3n) is 3.77. The summed E-state index contributed by atoms with van der Waals surface area (Å²) in [5.74, 6) is -1.03. The van der Waals surface area contributed by atoms with E-state index in [4.69, 9.17) is 16.3 Å². The van der Waals surface area contributed by atoms with Crippen LogP contribution in [0.2, 0.25) is 5.02 Å². The quantitative estimate of drug-likeness (QED) is 0.210. The molecule has 0 aliphatic carbocycles. The lowest BCUT2D eigenvalue weighted by Gasteiger charge is -2.14. The third-order valence-corrected chi connectivity index (χ3v) is 4.02. The van der Waals surface area contributed by atoms with Crippen LogP contribution in [0.4, 0.5) is 26.3 Å². The number of rotatable bonds is 8. The molecule has 0 radical (unpaired) electrons. The van der Waals surface area contributed by atoms with Crippen LogP contribution in [0.3, 0.4) is 0 Å². The van der Waals surface area contributed by atoms with Gasteiger partial charge < -0.3 is 9.57 Å². The Morgan fingerprint density at radius 1 is 1.03 bits per heavy atom. The molecule has 168 valence electrons. The number of aromatic nitrogens is 1. The molecular formula is C19H15ClF6N2O3. The number of benzene rings is 1. The van der Waals surface area contributed by atoms with Crippen LogP contribution in [0.1, 0.15) is 23.3 Å². The van der Waals surface area contributed by atoms with E-state index in [1.165, 1.54) is 24.3 Å². The number of Topliss-reactive ketones (excluding diaryl/α,β-unsaturated/α-hetero) is 1. The first-order valence-electron chi connectivity index (χ1n) is 8.57. The Kier molecular flexibility index (Phi) is 7.88. The summed E-state index contributed by atoms with van der Waals surface area (Å²) in [6, 6.07) is 7.99. The Balaban J connectivity index is 2.32. The number of halogens is 7. The fourth-order valence-corrected chi connectivity index (χ4v) is 2.53. The summed E-state index contributed by atoms with van der Waals surface area (Å²) in [6.45, 7) is -1.59. The molecule has 0 saturated heterocycles. The second kappa shape index (κ2) is 9.99. The molecule has 1 aromatic heterocycles. The van der Waals surface area contributed by atoms with E-state index in [0.29, 0.717) is 10.6 Å². The molecule has 5 nitrogen and oxygen atoms in total. The first kappa shape index (κ1) is 24.4. The van der Waals surface area contributed by atoms with Crippen LogP contribution in [-0.2, 0) is 4.84 Å². The van der Waals surface area contributed by atoms with Crippen molar-refractivity contribution in [2.45, 2.75) is 25.2 Å². The van der Waals surface area contributed by atoms with Gasteiger partial charge in [0.1, 0.15) is 24.2 Å². The molecule has 0 spiro atoms. The highest BCUT2D eigenvalue weighted by molar-refractivity contribution is 6.30. The van der Waals surface area contributed by atoms with Gasteiger partial charge in [-0.15, -0.1) is 0 Å². The topological polar surface area (TPSA) is 60.8 Å². The molecule has 0 N–H and O–H groups in total. The van der Waals surface area contributed by atoms with Crippen molar-refractivity contribution in [1.82, 2.24) is 4.98 Å². The van der Waals surface area contributed by atoms with Crippen molar-refractivity contribution >= 4 is 23.1 Å². The number of pyridine rings is 1. The van der Waals surface area contributed by atoms with Gasteiger partial charge in [0.25, 0.3) is 0 Å². The molecule has 12 heteroatoms. The van der Waals surface area contributed by atoms with Crippen LogP contribution in [-0.4, -0.2) is 42.5 Å². The minimum absolute atomic E-state index is 0.0895. The van der Waals surface area contributed by atoms with Gasteiger partial charge in [-0.2, -0.15) is 26.3 Å². The molecule has 0 amide bonds. The van der Waals surface area contributed by atoms with E-state index < -0.39 is 43.3 Å². The highest BCUT2D eigenvalue weighted by Gasteiger charge is 2.36. The van der Waals surface area contributed by atoms with Crippen molar-refractivity contribution in [2.75, 3.05) is 13.7 Å². The van der Waals surface area contributed by atoms with E-state index in [9.17, 15) is 31.1 Å². The van der Waals surface area contributed by atoms with Crippen molar-refractivity contribution < 1.29 is 40.7 Å². The Morgan fingerprint density at radius 2 is 1.68 bits per heavy atom. The molecule has 1 aromatic carbocycles. The maximum Gasteiger partial charge on any atom is 0.432 e. The van der Waals surface area contributed by atoms with Crippen molar-refractivity contribution in [2.24, 2.45) is 5.16 Å². The average molecular weight is 469 g/mol. The number of alkyl halides is 6. The molecule has 0 aliphatic rings. The monoisotopic (exact) mass is 468 g/mol. The SMILES string of the molecule is CO/N=C(/CCC(=O)c1ccc(OCC(F)(F)F)c(-c2ccc(Cl)cc2)n1)C(F)(F)F. The Hall–Kier alpha value is -2.82. The van der Waals surface area contributed by atoms with Crippen molar-refractivity contribution in [3.8, 4) is 17.0 Å². The molecule has 1 heterocycles. The number of nitrogens with zero attached hydrogens (tertiary/aromatic N) is 2. The highest BCUT2D eigenvalue weighted by atomic mass is 35.5.